The topological polar surface area (TPSA) is 134 Å². The van der Waals surface area contributed by atoms with Gasteiger partial charge < -0.3 is 5.84 Å². The second kappa shape index (κ2) is 3.65. The van der Waals surface area contributed by atoms with Crippen molar-refractivity contribution in [2.24, 2.45) is 17.5 Å². The summed E-state index contributed by atoms with van der Waals surface area (Å²) in [4.78, 5) is 0. The van der Waals surface area contributed by atoms with Crippen LogP contribution in [0.3, 0.4) is 0 Å². The maximum absolute atomic E-state index is 6.55. The first-order chi connectivity index (χ1) is 3.63. The van der Waals surface area contributed by atoms with Crippen molar-refractivity contribution in [1.82, 2.24) is 16.3 Å². The van der Waals surface area contributed by atoms with Crippen LogP contribution in [-0.2, 0) is 0 Å². The van der Waals surface area contributed by atoms with Crippen molar-refractivity contribution in [3.63, 3.8) is 0 Å². The molecule has 0 fully saturated rings. The van der Waals surface area contributed by atoms with E-state index in [0.29, 0.717) is 5.23 Å². The predicted molar refractivity (Wildman–Crippen MR) is 26.0 cm³/mol. The first-order valence-electron chi connectivity index (χ1n) is 1.78. The molecule has 8 nitrogen and oxygen atoms in total. The molecule has 50 valence electrons. The molecule has 0 radical (unpaired) electrons. The zero-order valence-electron chi connectivity index (χ0n) is 4.18. The Hall–Kier alpha value is -0.320. The molecule has 0 aliphatic rings. The first-order valence-corrected chi connectivity index (χ1v) is 1.78. The molecular formula is H10N8. The highest BCUT2D eigenvalue weighted by Crippen LogP contribution is 1.30. The van der Waals surface area contributed by atoms with Crippen molar-refractivity contribution in [2.75, 3.05) is 0 Å². The van der Waals surface area contributed by atoms with Crippen molar-refractivity contribution < 1.29 is 5.23 Å². The van der Waals surface area contributed by atoms with Crippen LogP contribution in [-0.4, -0.2) is 5.23 Å². The summed E-state index contributed by atoms with van der Waals surface area (Å²) in [5, 5.41) is 0.382. The Morgan fingerprint density at radius 1 is 1.50 bits per heavy atom. The van der Waals surface area contributed by atoms with Gasteiger partial charge in [0.25, 0.3) is 0 Å². The van der Waals surface area contributed by atoms with E-state index in [-0.39, 0.29) is 5.23 Å². The standard InChI is InChI=1S/H10N8/c1-7(2)5-6-8(3)4/h1,5-7H,2-4H2. The quantitative estimate of drug-likeness (QED) is 0.166. The number of rotatable bonds is 3. The van der Waals surface area contributed by atoms with Crippen molar-refractivity contribution in [2.45, 2.75) is 0 Å². The van der Waals surface area contributed by atoms with E-state index in [1.165, 1.54) is 0 Å². The number of hydrazine groups is 4. The number of hydrogen-bond acceptors (Lipinski definition) is 6. The van der Waals surface area contributed by atoms with Gasteiger partial charge in [0.1, 0.15) is 0 Å². The van der Waals surface area contributed by atoms with Crippen molar-refractivity contribution in [3.05, 3.63) is 5.84 Å². The fourth-order valence-electron chi connectivity index (χ4n) is 0.125. The summed E-state index contributed by atoms with van der Waals surface area (Å²) < 4.78 is 0. The molecule has 0 aromatic carbocycles. The van der Waals surface area contributed by atoms with Crippen molar-refractivity contribution in [1.29, 1.82) is 0 Å². The molecule has 0 aliphatic heterocycles. The lowest BCUT2D eigenvalue weighted by Crippen LogP contribution is -3.20. The number of nitrogens with one attached hydrogen (secondary N) is 4. The molecule has 8 heteroatoms. The molecule has 0 saturated heterocycles. The van der Waals surface area contributed by atoms with Crippen LogP contribution in [0.1, 0.15) is 0 Å². The molecule has 0 aliphatic carbocycles. The van der Waals surface area contributed by atoms with Gasteiger partial charge in [-0.3, -0.25) is 0 Å². The highest BCUT2D eigenvalue weighted by atomic mass is 16.0. The third kappa shape index (κ3) is 5.68. The molecule has 0 saturated carbocycles. The van der Waals surface area contributed by atoms with E-state index in [0.717, 1.165) is 0 Å². The molecule has 0 aromatic rings. The average molecular weight is 122 g/mol. The zero-order valence-corrected chi connectivity index (χ0v) is 4.18. The number of nitrogens with zero attached hydrogens (tertiary/aromatic N) is 1. The maximum atomic E-state index is 6.55. The fourth-order valence-corrected chi connectivity index (χ4v) is 0.125. The summed E-state index contributed by atoms with van der Waals surface area (Å²) in [5.41, 5.74) is 4.27. The number of nitrogens with two attached hydrogens (primary N) is 3. The summed E-state index contributed by atoms with van der Waals surface area (Å²) in [5.74, 6) is 21.0. The van der Waals surface area contributed by atoms with Gasteiger partial charge in [0.2, 0.25) is 0 Å². The van der Waals surface area contributed by atoms with Crippen LogP contribution in [0.25, 0.3) is 5.84 Å². The van der Waals surface area contributed by atoms with Crippen LogP contribution in [0.2, 0.25) is 0 Å². The van der Waals surface area contributed by atoms with Crippen LogP contribution >= 0.6 is 0 Å². The molecular weight excluding hydrogens is 112 g/mol. The summed E-state index contributed by atoms with van der Waals surface area (Å²) in [6, 6.07) is 0. The molecule has 1 unspecified atom stereocenters. The minimum absolute atomic E-state index is 0.258. The Labute approximate surface area is 46.1 Å². The largest absolute Gasteiger partial charge is 0.426 e. The lowest BCUT2D eigenvalue weighted by Gasteiger charge is -2.17. The van der Waals surface area contributed by atoms with E-state index in [2.05, 4.69) is 11.1 Å². The third-order valence-electron chi connectivity index (χ3n) is 0.320. The summed E-state index contributed by atoms with van der Waals surface area (Å²) in [6.45, 7) is 0. The van der Waals surface area contributed by atoms with Gasteiger partial charge in [-0.15, -0.1) is 5.53 Å². The molecule has 0 bridgehead atoms. The van der Waals surface area contributed by atoms with E-state index in [1.807, 2.05) is 0 Å². The van der Waals surface area contributed by atoms with Crippen LogP contribution in [0.15, 0.2) is 0 Å². The van der Waals surface area contributed by atoms with Gasteiger partial charge in [-0.25, -0.2) is 16.9 Å². The molecule has 0 amide bonds. The van der Waals surface area contributed by atoms with Gasteiger partial charge in [-0.2, -0.15) is 5.84 Å². The Balaban J connectivity index is 2.93. The Bertz CT molecular complexity index is 36.0. The zero-order chi connectivity index (χ0) is 6.57. The Kier molecular flexibility index (Phi) is 3.51. The van der Waals surface area contributed by atoms with Gasteiger partial charge in [-0.1, -0.05) is 10.8 Å². The normalized spacial score (nSPS) is 14.6. The molecule has 0 aromatic heterocycles. The fraction of sp³-hybridized carbons (Fsp3) is 0. The Morgan fingerprint density at radius 3 is 2.12 bits per heavy atom. The van der Waals surface area contributed by atoms with E-state index >= 15 is 0 Å². The average Bonchev–Trinajstić information content (AvgIpc) is 1.61. The van der Waals surface area contributed by atoms with Crippen LogP contribution in [0, 0.1) is 0 Å². The lowest BCUT2D eigenvalue weighted by atomic mass is 12.0. The minimum atomic E-state index is -0.258. The molecule has 1 atom stereocenters. The third-order valence-corrected chi connectivity index (χ3v) is 0.320. The van der Waals surface area contributed by atoms with E-state index in [9.17, 15) is 0 Å². The van der Waals surface area contributed by atoms with Gasteiger partial charge in [-0.05, 0) is 0 Å². The van der Waals surface area contributed by atoms with Crippen LogP contribution in [0.5, 0.6) is 0 Å². The van der Waals surface area contributed by atoms with Crippen molar-refractivity contribution in [3.8, 4) is 0 Å². The van der Waals surface area contributed by atoms with E-state index in [4.69, 9.17) is 23.4 Å². The van der Waals surface area contributed by atoms with Crippen LogP contribution < -0.4 is 33.8 Å². The van der Waals surface area contributed by atoms with E-state index < -0.39 is 0 Å². The highest BCUT2D eigenvalue weighted by Gasteiger charge is 1.85. The highest BCUT2D eigenvalue weighted by molar-refractivity contribution is 3.99. The van der Waals surface area contributed by atoms with Crippen molar-refractivity contribution >= 4 is 0 Å². The lowest BCUT2D eigenvalue weighted by molar-refractivity contribution is -0.917. The van der Waals surface area contributed by atoms with Gasteiger partial charge >= 0.3 is 0 Å². The summed E-state index contributed by atoms with van der Waals surface area (Å²) in [6.07, 6.45) is 0. The second-order valence-electron chi connectivity index (χ2n) is 1.06. The SMILES string of the molecule is [NH-][NH+](N)NNN(N)N. The monoisotopic (exact) mass is 122 g/mol. The maximum Gasteiger partial charge on any atom is -0.0753 e. The summed E-state index contributed by atoms with van der Waals surface area (Å²) in [7, 11) is 0. The smallest absolute Gasteiger partial charge is 0.0753 e. The Morgan fingerprint density at radius 2 is 2.00 bits per heavy atom. The molecule has 0 spiro atoms. The molecule has 10 N–H and O–H groups in total. The second-order valence-corrected chi connectivity index (χ2v) is 1.06. The molecule has 8 heavy (non-hydrogen) atoms. The number of hydrogen-bond donors (Lipinski definition) is 6. The summed E-state index contributed by atoms with van der Waals surface area (Å²) >= 11 is 0. The first kappa shape index (κ1) is 7.68. The molecule has 0 rings (SSSR count). The van der Waals surface area contributed by atoms with Gasteiger partial charge in [0.05, 0.1) is 0 Å². The van der Waals surface area contributed by atoms with Gasteiger partial charge in [0.15, 0.2) is 0 Å². The van der Waals surface area contributed by atoms with E-state index in [1.54, 1.807) is 0 Å². The molecule has 0 heterocycles. The number of quaternary nitrogens is 1. The predicted octanol–water partition coefficient (Wildman–Crippen LogP) is -4.31. The van der Waals surface area contributed by atoms with Gasteiger partial charge in [0, 0.05) is 0 Å². The van der Waals surface area contributed by atoms with Crippen LogP contribution in [0.4, 0.5) is 0 Å². The minimum Gasteiger partial charge on any atom is -0.426 e.